The van der Waals surface area contributed by atoms with Crippen LogP contribution in [0.2, 0.25) is 5.15 Å². The molecule has 0 aromatic carbocycles. The molecule has 0 radical (unpaired) electrons. The Labute approximate surface area is 107 Å². The van der Waals surface area contributed by atoms with Gasteiger partial charge in [0.25, 0.3) is 0 Å². The lowest BCUT2D eigenvalue weighted by Gasteiger charge is -2.32. The molecule has 0 bridgehead atoms. The van der Waals surface area contributed by atoms with E-state index in [9.17, 15) is 0 Å². The molecule has 0 saturated carbocycles. The van der Waals surface area contributed by atoms with Gasteiger partial charge in [0.15, 0.2) is 0 Å². The Morgan fingerprint density at radius 1 is 1.35 bits per heavy atom. The first-order chi connectivity index (χ1) is 8.25. The second-order valence-electron chi connectivity index (χ2n) is 4.55. The van der Waals surface area contributed by atoms with Crippen LogP contribution in [0.15, 0.2) is 12.4 Å². The van der Waals surface area contributed by atoms with E-state index in [0.29, 0.717) is 11.2 Å². The molecule has 2 heterocycles. The fourth-order valence-electron chi connectivity index (χ4n) is 2.17. The first-order valence-electron chi connectivity index (χ1n) is 6.21. The Bertz CT molecular complexity index is 352. The summed E-state index contributed by atoms with van der Waals surface area (Å²) in [7, 11) is 0. The number of halogens is 1. The van der Waals surface area contributed by atoms with Crippen molar-refractivity contribution in [2.24, 2.45) is 0 Å². The zero-order valence-electron chi connectivity index (χ0n) is 10.2. The zero-order valence-corrected chi connectivity index (χ0v) is 11.0. The highest BCUT2D eigenvalue weighted by atomic mass is 35.5. The predicted molar refractivity (Wildman–Crippen MR) is 70.4 cm³/mol. The van der Waals surface area contributed by atoms with Crippen LogP contribution >= 0.6 is 11.6 Å². The second kappa shape index (κ2) is 6.17. The van der Waals surface area contributed by atoms with Crippen LogP contribution in [0.25, 0.3) is 0 Å². The lowest BCUT2D eigenvalue weighted by atomic mass is 10.1. The molecule has 4 nitrogen and oxygen atoms in total. The highest BCUT2D eigenvalue weighted by Crippen LogP contribution is 2.13. The molecule has 1 atom stereocenters. The zero-order chi connectivity index (χ0) is 12.1. The fraction of sp³-hybridized carbons (Fsp3) is 0.667. The molecule has 5 heteroatoms. The third-order valence-corrected chi connectivity index (χ3v) is 3.38. The third-order valence-electron chi connectivity index (χ3n) is 3.20. The van der Waals surface area contributed by atoms with Gasteiger partial charge in [0.1, 0.15) is 11.0 Å². The average Bonchev–Trinajstić information content (AvgIpc) is 2.37. The van der Waals surface area contributed by atoms with Gasteiger partial charge < -0.3 is 5.32 Å². The highest BCUT2D eigenvalue weighted by Gasteiger charge is 2.16. The minimum absolute atomic E-state index is 0.431. The summed E-state index contributed by atoms with van der Waals surface area (Å²) >= 11 is 5.78. The molecule has 0 spiro atoms. The molecule has 1 N–H and O–H groups in total. The van der Waals surface area contributed by atoms with Gasteiger partial charge in [0, 0.05) is 12.6 Å². The van der Waals surface area contributed by atoms with Gasteiger partial charge >= 0.3 is 0 Å². The van der Waals surface area contributed by atoms with Crippen LogP contribution in [0, 0.1) is 0 Å². The average molecular weight is 255 g/mol. The minimum Gasteiger partial charge on any atom is -0.367 e. The molecule has 17 heavy (non-hydrogen) atoms. The molecule has 1 aromatic rings. The van der Waals surface area contributed by atoms with Crippen molar-refractivity contribution in [1.29, 1.82) is 0 Å². The Balaban J connectivity index is 1.80. The van der Waals surface area contributed by atoms with E-state index < -0.39 is 0 Å². The predicted octanol–water partition coefficient (Wildman–Crippen LogP) is 2.42. The van der Waals surface area contributed by atoms with Crippen molar-refractivity contribution in [2.75, 3.05) is 25.0 Å². The Kier molecular flexibility index (Phi) is 4.57. The minimum atomic E-state index is 0.431. The quantitative estimate of drug-likeness (QED) is 0.896. The van der Waals surface area contributed by atoms with Crippen molar-refractivity contribution in [2.45, 2.75) is 32.2 Å². The summed E-state index contributed by atoms with van der Waals surface area (Å²) in [6.07, 6.45) is 7.26. The molecule has 0 amide bonds. The maximum absolute atomic E-state index is 5.78. The second-order valence-corrected chi connectivity index (χ2v) is 4.94. The summed E-state index contributed by atoms with van der Waals surface area (Å²) in [5.74, 6) is 0.751. The van der Waals surface area contributed by atoms with Crippen LogP contribution in [0.5, 0.6) is 0 Å². The molecule has 1 aromatic heterocycles. The van der Waals surface area contributed by atoms with Crippen LogP contribution in [0.3, 0.4) is 0 Å². The van der Waals surface area contributed by atoms with E-state index in [4.69, 9.17) is 11.6 Å². The largest absolute Gasteiger partial charge is 0.367 e. The van der Waals surface area contributed by atoms with E-state index in [1.807, 2.05) is 0 Å². The van der Waals surface area contributed by atoms with Gasteiger partial charge in [-0.05, 0) is 32.9 Å². The molecular weight excluding hydrogens is 236 g/mol. The van der Waals surface area contributed by atoms with Crippen LogP contribution in [-0.2, 0) is 0 Å². The SMILES string of the molecule is CC(CNc1cncc(Cl)n1)N1CCCCC1. The molecular formula is C12H19ClN4. The van der Waals surface area contributed by atoms with E-state index in [1.54, 1.807) is 12.4 Å². The summed E-state index contributed by atoms with van der Waals surface area (Å²) < 4.78 is 0. The van der Waals surface area contributed by atoms with Crippen molar-refractivity contribution in [1.82, 2.24) is 14.9 Å². The van der Waals surface area contributed by atoms with Crippen LogP contribution in [-0.4, -0.2) is 40.5 Å². The van der Waals surface area contributed by atoms with Gasteiger partial charge in [0.2, 0.25) is 0 Å². The number of anilines is 1. The number of rotatable bonds is 4. The number of nitrogens with zero attached hydrogens (tertiary/aromatic N) is 3. The molecule has 94 valence electrons. The van der Waals surface area contributed by atoms with E-state index in [-0.39, 0.29) is 0 Å². The maximum Gasteiger partial charge on any atom is 0.149 e. The summed E-state index contributed by atoms with van der Waals surface area (Å²) in [6.45, 7) is 5.56. The van der Waals surface area contributed by atoms with Gasteiger partial charge in [-0.25, -0.2) is 4.98 Å². The molecule has 1 aliphatic heterocycles. The van der Waals surface area contributed by atoms with Crippen molar-refractivity contribution in [3.63, 3.8) is 0 Å². The summed E-state index contributed by atoms with van der Waals surface area (Å²) in [5.41, 5.74) is 0. The van der Waals surface area contributed by atoms with Gasteiger partial charge in [-0.2, -0.15) is 0 Å². The third kappa shape index (κ3) is 3.82. The van der Waals surface area contributed by atoms with Crippen LogP contribution in [0.4, 0.5) is 5.82 Å². The Hall–Kier alpha value is -0.870. The topological polar surface area (TPSA) is 41.1 Å². The molecule has 1 aliphatic rings. The fourth-order valence-corrected chi connectivity index (χ4v) is 2.32. The Morgan fingerprint density at radius 3 is 2.82 bits per heavy atom. The number of hydrogen-bond donors (Lipinski definition) is 1. The normalized spacial score (nSPS) is 18.9. The lowest BCUT2D eigenvalue weighted by molar-refractivity contribution is 0.180. The molecule has 1 unspecified atom stereocenters. The first-order valence-corrected chi connectivity index (χ1v) is 6.59. The maximum atomic E-state index is 5.78. The van der Waals surface area contributed by atoms with Crippen molar-refractivity contribution >= 4 is 17.4 Å². The highest BCUT2D eigenvalue weighted by molar-refractivity contribution is 6.29. The summed E-state index contributed by atoms with van der Waals surface area (Å²) in [5, 5.41) is 3.71. The number of nitrogens with one attached hydrogen (secondary N) is 1. The smallest absolute Gasteiger partial charge is 0.149 e. The Morgan fingerprint density at radius 2 is 2.12 bits per heavy atom. The van der Waals surface area contributed by atoms with E-state index in [1.165, 1.54) is 32.4 Å². The monoisotopic (exact) mass is 254 g/mol. The van der Waals surface area contributed by atoms with Crippen molar-refractivity contribution in [3.05, 3.63) is 17.5 Å². The van der Waals surface area contributed by atoms with Gasteiger partial charge in [-0.3, -0.25) is 9.88 Å². The van der Waals surface area contributed by atoms with E-state index >= 15 is 0 Å². The summed E-state index contributed by atoms with van der Waals surface area (Å²) in [6, 6.07) is 0.524. The molecule has 1 saturated heterocycles. The molecule has 1 fully saturated rings. The van der Waals surface area contributed by atoms with E-state index in [0.717, 1.165) is 12.4 Å². The number of piperidine rings is 1. The molecule has 0 aliphatic carbocycles. The number of hydrogen-bond acceptors (Lipinski definition) is 4. The van der Waals surface area contributed by atoms with E-state index in [2.05, 4.69) is 27.1 Å². The van der Waals surface area contributed by atoms with Crippen molar-refractivity contribution < 1.29 is 0 Å². The van der Waals surface area contributed by atoms with Gasteiger partial charge in [-0.1, -0.05) is 18.0 Å². The summed E-state index contributed by atoms with van der Waals surface area (Å²) in [4.78, 5) is 10.7. The first kappa shape index (κ1) is 12.6. The molecule has 2 rings (SSSR count). The van der Waals surface area contributed by atoms with Crippen LogP contribution < -0.4 is 5.32 Å². The number of likely N-dealkylation sites (tertiary alicyclic amines) is 1. The van der Waals surface area contributed by atoms with Gasteiger partial charge in [0.05, 0.1) is 12.4 Å². The standard InChI is InChI=1S/C12H19ClN4/c1-10(17-5-3-2-4-6-17)7-15-12-9-14-8-11(13)16-12/h8-10H,2-7H2,1H3,(H,15,16). The van der Waals surface area contributed by atoms with Gasteiger partial charge in [-0.15, -0.1) is 0 Å². The van der Waals surface area contributed by atoms with Crippen LogP contribution in [0.1, 0.15) is 26.2 Å². The lowest BCUT2D eigenvalue weighted by Crippen LogP contribution is -2.41. The number of aromatic nitrogens is 2. The van der Waals surface area contributed by atoms with Crippen molar-refractivity contribution in [3.8, 4) is 0 Å².